The molecule has 27 heavy (non-hydrogen) atoms. The number of carbonyl (C=O) groups excluding carboxylic acids is 3. The molecule has 0 aliphatic rings. The minimum atomic E-state index is -1.73. The van der Waals surface area contributed by atoms with Gasteiger partial charge in [0, 0.05) is 14.6 Å². The van der Waals surface area contributed by atoms with Gasteiger partial charge in [0.05, 0.1) is 12.1 Å². The molecule has 0 unspecified atom stereocenters. The Morgan fingerprint density at radius 2 is 1.78 bits per heavy atom. The summed E-state index contributed by atoms with van der Waals surface area (Å²) in [6.45, 7) is 7.93. The van der Waals surface area contributed by atoms with Gasteiger partial charge in [0.15, 0.2) is 5.96 Å². The molecular formula is C16H34N6O4Si. The van der Waals surface area contributed by atoms with Crippen molar-refractivity contribution in [2.45, 2.75) is 69.7 Å². The van der Waals surface area contributed by atoms with E-state index < -0.39 is 44.1 Å². The molecule has 9 N–H and O–H groups in total. The minimum absolute atomic E-state index is 0.0252. The lowest BCUT2D eigenvalue weighted by atomic mass is 10.1. The van der Waals surface area contributed by atoms with Crippen molar-refractivity contribution < 1.29 is 19.5 Å². The predicted octanol–water partition coefficient (Wildman–Crippen LogP) is -1.75. The molecule has 0 bridgehead atoms. The zero-order chi connectivity index (χ0) is 21.2. The first kappa shape index (κ1) is 25.0. The van der Waals surface area contributed by atoms with E-state index in [9.17, 15) is 19.5 Å². The van der Waals surface area contributed by atoms with Crippen LogP contribution in [0.4, 0.5) is 0 Å². The number of nitrogens with two attached hydrogens (primary N) is 3. The van der Waals surface area contributed by atoms with Gasteiger partial charge in [-0.2, -0.15) is 0 Å². The number of nitrogens with one attached hydrogen (secondary N) is 2. The summed E-state index contributed by atoms with van der Waals surface area (Å²) in [4.78, 5) is 39.7. The Morgan fingerprint density at radius 3 is 2.22 bits per heavy atom. The van der Waals surface area contributed by atoms with Crippen LogP contribution >= 0.6 is 0 Å². The lowest BCUT2D eigenvalue weighted by Crippen LogP contribution is -2.56. The van der Waals surface area contributed by atoms with Gasteiger partial charge in [-0.1, -0.05) is 19.6 Å². The standard InChI is InChI=1S/C16H34N6O4Si/c1-10(24)12(8-23)21-15(26)13(9-27(2,3)4)22-14(25)11(17)6-5-7-20-16(18)19/h8,10-13,24H,5-7,9,17H2,1-4H3,(H,21,26)(H,22,25)(H4,18,19,20)/t10-,11-,12+,13-/m0/s1. The van der Waals surface area contributed by atoms with Gasteiger partial charge in [-0.25, -0.2) is 0 Å². The third-order valence-electron chi connectivity index (χ3n) is 3.73. The second kappa shape index (κ2) is 11.7. The minimum Gasteiger partial charge on any atom is -0.391 e. The molecule has 4 atom stereocenters. The smallest absolute Gasteiger partial charge is 0.242 e. The molecule has 156 valence electrons. The molecule has 11 heteroatoms. The maximum Gasteiger partial charge on any atom is 0.242 e. The number of carbonyl (C=O) groups is 3. The van der Waals surface area contributed by atoms with Gasteiger partial charge in [-0.05, 0) is 25.8 Å². The Bertz CT molecular complexity index is 531. The highest BCUT2D eigenvalue weighted by Gasteiger charge is 2.30. The van der Waals surface area contributed by atoms with Gasteiger partial charge in [-0.15, -0.1) is 0 Å². The average Bonchev–Trinajstić information content (AvgIpc) is 2.53. The van der Waals surface area contributed by atoms with Crippen LogP contribution in [0.25, 0.3) is 0 Å². The Kier molecular flexibility index (Phi) is 10.8. The molecule has 0 aromatic heterocycles. The highest BCUT2D eigenvalue weighted by molar-refractivity contribution is 6.76. The van der Waals surface area contributed by atoms with Gasteiger partial charge in [-0.3, -0.25) is 14.6 Å². The van der Waals surface area contributed by atoms with E-state index >= 15 is 0 Å². The highest BCUT2D eigenvalue weighted by Crippen LogP contribution is 2.13. The summed E-state index contributed by atoms with van der Waals surface area (Å²) in [7, 11) is -1.73. The van der Waals surface area contributed by atoms with E-state index in [2.05, 4.69) is 35.3 Å². The number of rotatable bonds is 12. The molecule has 0 aliphatic heterocycles. The van der Waals surface area contributed by atoms with E-state index in [0.29, 0.717) is 31.7 Å². The third-order valence-corrected chi connectivity index (χ3v) is 5.36. The van der Waals surface area contributed by atoms with Crippen molar-refractivity contribution >= 4 is 32.1 Å². The van der Waals surface area contributed by atoms with E-state index in [1.807, 2.05) is 0 Å². The number of nitrogens with zero attached hydrogens (tertiary/aromatic N) is 1. The van der Waals surface area contributed by atoms with Gasteiger partial charge in [0.2, 0.25) is 11.8 Å². The van der Waals surface area contributed by atoms with E-state index in [1.54, 1.807) is 0 Å². The van der Waals surface area contributed by atoms with Crippen molar-refractivity contribution in [2.75, 3.05) is 6.54 Å². The molecule has 0 aliphatic carbocycles. The SMILES string of the molecule is C[C@H](O)[C@@H](C=O)NC(=O)[C@H](C[Si](C)(C)C)NC(=O)[C@@H](N)CCCN=C(N)N. The van der Waals surface area contributed by atoms with Crippen LogP contribution < -0.4 is 27.8 Å². The van der Waals surface area contributed by atoms with Gasteiger partial charge in [0.1, 0.15) is 18.4 Å². The number of guanidine groups is 1. The monoisotopic (exact) mass is 402 g/mol. The molecule has 0 aromatic rings. The van der Waals surface area contributed by atoms with Crippen LogP contribution in [0.1, 0.15) is 19.8 Å². The Morgan fingerprint density at radius 1 is 1.19 bits per heavy atom. The summed E-state index contributed by atoms with van der Waals surface area (Å²) in [6, 6.07) is -2.20. The maximum absolute atomic E-state index is 12.5. The summed E-state index contributed by atoms with van der Waals surface area (Å²) < 4.78 is 0. The van der Waals surface area contributed by atoms with Gasteiger partial charge >= 0.3 is 0 Å². The van der Waals surface area contributed by atoms with Crippen LogP contribution in [0.2, 0.25) is 25.7 Å². The molecule has 0 spiro atoms. The highest BCUT2D eigenvalue weighted by atomic mass is 28.3. The first-order valence-corrected chi connectivity index (χ1v) is 12.6. The molecular weight excluding hydrogens is 368 g/mol. The quantitative estimate of drug-likeness (QED) is 0.0734. The second-order valence-corrected chi connectivity index (χ2v) is 13.3. The van der Waals surface area contributed by atoms with Crippen molar-refractivity contribution in [3.05, 3.63) is 0 Å². The van der Waals surface area contributed by atoms with Crippen molar-refractivity contribution in [1.29, 1.82) is 0 Å². The number of hydrogen-bond donors (Lipinski definition) is 6. The molecule has 0 aromatic carbocycles. The topological polar surface area (TPSA) is 186 Å². The fraction of sp³-hybridized carbons (Fsp3) is 0.750. The number of aliphatic imine (C=N–C) groups is 1. The van der Waals surface area contributed by atoms with Crippen LogP contribution in [-0.2, 0) is 14.4 Å². The number of aliphatic hydroxyl groups is 1. The largest absolute Gasteiger partial charge is 0.391 e. The fourth-order valence-corrected chi connectivity index (χ4v) is 3.80. The van der Waals surface area contributed by atoms with Gasteiger partial charge in [0.25, 0.3) is 0 Å². The normalized spacial score (nSPS) is 15.8. The maximum atomic E-state index is 12.5. The fourth-order valence-electron chi connectivity index (χ4n) is 2.28. The summed E-state index contributed by atoms with van der Waals surface area (Å²) in [5.74, 6) is -1.00. The van der Waals surface area contributed by atoms with Crippen LogP contribution in [0, 0.1) is 0 Å². The zero-order valence-electron chi connectivity index (χ0n) is 16.6. The number of aliphatic hydroxyl groups excluding tert-OH is 1. The van der Waals surface area contributed by atoms with Crippen molar-refractivity contribution in [2.24, 2.45) is 22.2 Å². The predicted molar refractivity (Wildman–Crippen MR) is 108 cm³/mol. The molecule has 0 rings (SSSR count). The van der Waals surface area contributed by atoms with E-state index in [1.165, 1.54) is 6.92 Å². The average molecular weight is 403 g/mol. The molecule has 0 saturated carbocycles. The second-order valence-electron chi connectivity index (χ2n) is 7.79. The lowest BCUT2D eigenvalue weighted by molar-refractivity contribution is -0.131. The van der Waals surface area contributed by atoms with Crippen LogP contribution in [0.3, 0.4) is 0 Å². The Balaban J connectivity index is 4.93. The molecule has 0 heterocycles. The summed E-state index contributed by atoms with van der Waals surface area (Å²) >= 11 is 0. The van der Waals surface area contributed by atoms with Crippen LogP contribution in [0.15, 0.2) is 4.99 Å². The van der Waals surface area contributed by atoms with Crippen LogP contribution in [-0.4, -0.2) is 68.0 Å². The molecule has 2 amide bonds. The molecule has 0 saturated heterocycles. The van der Waals surface area contributed by atoms with E-state index in [0.717, 1.165) is 0 Å². The molecule has 0 fully saturated rings. The third kappa shape index (κ3) is 11.4. The number of amides is 2. The van der Waals surface area contributed by atoms with Gasteiger partial charge < -0.3 is 37.7 Å². The Hall–Kier alpha value is -1.98. The lowest BCUT2D eigenvalue weighted by Gasteiger charge is -2.27. The Labute approximate surface area is 161 Å². The van der Waals surface area contributed by atoms with Crippen LogP contribution in [0.5, 0.6) is 0 Å². The molecule has 10 nitrogen and oxygen atoms in total. The summed E-state index contributed by atoms with van der Waals surface area (Å²) in [5, 5.41) is 14.7. The summed E-state index contributed by atoms with van der Waals surface area (Å²) in [6.07, 6.45) is 0.305. The first-order chi connectivity index (χ1) is 12.4. The zero-order valence-corrected chi connectivity index (χ0v) is 17.6. The molecule has 0 radical (unpaired) electrons. The van der Waals surface area contributed by atoms with E-state index in [4.69, 9.17) is 17.2 Å². The van der Waals surface area contributed by atoms with Crippen molar-refractivity contribution in [1.82, 2.24) is 10.6 Å². The first-order valence-electron chi connectivity index (χ1n) is 8.92. The number of aldehydes is 1. The van der Waals surface area contributed by atoms with Crippen molar-refractivity contribution in [3.8, 4) is 0 Å². The number of hydrogen-bond acceptors (Lipinski definition) is 6. The summed E-state index contributed by atoms with van der Waals surface area (Å²) in [5.41, 5.74) is 16.3. The van der Waals surface area contributed by atoms with Crippen molar-refractivity contribution in [3.63, 3.8) is 0 Å². The van der Waals surface area contributed by atoms with E-state index in [-0.39, 0.29) is 5.96 Å².